The lowest BCUT2D eigenvalue weighted by Gasteiger charge is -2.17. The van der Waals surface area contributed by atoms with Crippen molar-refractivity contribution < 1.29 is 4.79 Å². The Balaban J connectivity index is 0.000000198. The van der Waals surface area contributed by atoms with Crippen LogP contribution in [-0.4, -0.2) is 25.9 Å². The first-order valence-electron chi connectivity index (χ1n) is 8.81. The van der Waals surface area contributed by atoms with Gasteiger partial charge in [-0.15, -0.1) is 0 Å². The minimum atomic E-state index is 0.225. The molecule has 0 unspecified atom stereocenters. The van der Waals surface area contributed by atoms with Gasteiger partial charge in [0.05, 0.1) is 0 Å². The molecule has 0 aliphatic carbocycles. The molecule has 1 heterocycles. The van der Waals surface area contributed by atoms with E-state index in [1.165, 1.54) is 24.1 Å². The second kappa shape index (κ2) is 9.89. The Bertz CT molecular complexity index is 601. The molecular formula is C21H28N2O. The molecule has 1 N–H and O–H groups in total. The highest BCUT2D eigenvalue weighted by Gasteiger charge is 2.12. The maximum Gasteiger partial charge on any atom is 0.162 e. The van der Waals surface area contributed by atoms with Gasteiger partial charge < -0.3 is 10.2 Å². The summed E-state index contributed by atoms with van der Waals surface area (Å²) in [7, 11) is 1.95. The smallest absolute Gasteiger partial charge is 0.162 e. The molecule has 128 valence electrons. The minimum Gasteiger partial charge on any atom is -0.372 e. The van der Waals surface area contributed by atoms with Crippen molar-refractivity contribution in [3.8, 4) is 0 Å². The number of carbonyl (C=O) groups excluding carboxylic acids is 1. The number of Topliss-reactive ketones (excluding diaryl/α,β-unsaturated/α-hetero) is 1. The van der Waals surface area contributed by atoms with E-state index in [0.29, 0.717) is 6.42 Å². The molecule has 2 aromatic carbocycles. The lowest BCUT2D eigenvalue weighted by atomic mass is 10.1. The monoisotopic (exact) mass is 324 g/mol. The molecule has 0 spiro atoms. The SMILES string of the molecule is CCC(=O)c1ccc(N2CCCC2)cc1.CNCc1ccccc1. The number of hydrogen-bond donors (Lipinski definition) is 1. The molecule has 3 rings (SSSR count). The third-order valence-corrected chi connectivity index (χ3v) is 4.21. The van der Waals surface area contributed by atoms with Gasteiger partial charge in [0.1, 0.15) is 0 Å². The average Bonchev–Trinajstić information content (AvgIpc) is 3.18. The van der Waals surface area contributed by atoms with E-state index in [2.05, 4.69) is 34.5 Å². The predicted molar refractivity (Wildman–Crippen MR) is 102 cm³/mol. The van der Waals surface area contributed by atoms with E-state index >= 15 is 0 Å². The molecular weight excluding hydrogens is 296 g/mol. The second-order valence-corrected chi connectivity index (χ2v) is 6.03. The number of nitrogens with zero attached hydrogens (tertiary/aromatic N) is 1. The molecule has 1 aliphatic heterocycles. The van der Waals surface area contributed by atoms with Crippen LogP contribution in [0.1, 0.15) is 42.1 Å². The zero-order valence-corrected chi connectivity index (χ0v) is 14.8. The maximum atomic E-state index is 11.4. The zero-order chi connectivity index (χ0) is 17.2. The van der Waals surface area contributed by atoms with Gasteiger partial charge >= 0.3 is 0 Å². The van der Waals surface area contributed by atoms with Gasteiger partial charge in [-0.05, 0) is 49.7 Å². The topological polar surface area (TPSA) is 32.3 Å². The lowest BCUT2D eigenvalue weighted by Crippen LogP contribution is -2.17. The van der Waals surface area contributed by atoms with Crippen molar-refractivity contribution in [2.45, 2.75) is 32.7 Å². The summed E-state index contributed by atoms with van der Waals surface area (Å²) >= 11 is 0. The largest absolute Gasteiger partial charge is 0.372 e. The molecule has 0 amide bonds. The molecule has 0 saturated carbocycles. The Morgan fingerprint density at radius 2 is 1.62 bits per heavy atom. The van der Waals surface area contributed by atoms with Gasteiger partial charge in [0.2, 0.25) is 0 Å². The number of carbonyl (C=O) groups is 1. The standard InChI is InChI=1S/C13H17NO.C8H11N/c1-2-13(15)11-5-7-12(8-6-11)14-9-3-4-10-14;1-9-7-8-5-3-2-4-6-8/h5-8H,2-4,9-10H2,1H3;2-6,9H,7H2,1H3. The van der Waals surface area contributed by atoms with Crippen molar-refractivity contribution in [1.29, 1.82) is 0 Å². The first kappa shape index (κ1) is 18.2. The Hall–Kier alpha value is -2.13. The fraction of sp³-hybridized carbons (Fsp3) is 0.381. The van der Waals surface area contributed by atoms with Crippen LogP contribution in [0.4, 0.5) is 5.69 Å². The minimum absolute atomic E-state index is 0.225. The average molecular weight is 324 g/mol. The molecule has 1 aliphatic rings. The van der Waals surface area contributed by atoms with E-state index in [1.54, 1.807) is 0 Å². The van der Waals surface area contributed by atoms with Crippen molar-refractivity contribution >= 4 is 11.5 Å². The Morgan fingerprint density at radius 1 is 1.00 bits per heavy atom. The van der Waals surface area contributed by atoms with E-state index in [1.807, 2.05) is 44.3 Å². The second-order valence-electron chi connectivity index (χ2n) is 6.03. The molecule has 0 bridgehead atoms. The van der Waals surface area contributed by atoms with Gasteiger partial charge in [0.25, 0.3) is 0 Å². The highest BCUT2D eigenvalue weighted by atomic mass is 16.1. The molecule has 1 fully saturated rings. The van der Waals surface area contributed by atoms with Crippen LogP contribution in [0.3, 0.4) is 0 Å². The summed E-state index contributed by atoms with van der Waals surface area (Å²) in [6.07, 6.45) is 3.16. The summed E-state index contributed by atoms with van der Waals surface area (Å²) < 4.78 is 0. The van der Waals surface area contributed by atoms with Crippen LogP contribution in [0.2, 0.25) is 0 Å². The molecule has 0 aromatic heterocycles. The normalized spacial score (nSPS) is 13.3. The van der Waals surface area contributed by atoms with E-state index in [9.17, 15) is 4.79 Å². The van der Waals surface area contributed by atoms with Crippen LogP contribution in [0.5, 0.6) is 0 Å². The van der Waals surface area contributed by atoms with Crippen LogP contribution in [0, 0.1) is 0 Å². The highest BCUT2D eigenvalue weighted by molar-refractivity contribution is 5.96. The van der Waals surface area contributed by atoms with Crippen molar-refractivity contribution in [3.05, 3.63) is 65.7 Å². The van der Waals surface area contributed by atoms with E-state index in [4.69, 9.17) is 0 Å². The van der Waals surface area contributed by atoms with Crippen LogP contribution in [0.25, 0.3) is 0 Å². The van der Waals surface area contributed by atoms with Gasteiger partial charge in [-0.1, -0.05) is 37.3 Å². The molecule has 24 heavy (non-hydrogen) atoms. The van der Waals surface area contributed by atoms with E-state index in [0.717, 1.165) is 25.2 Å². The number of anilines is 1. The van der Waals surface area contributed by atoms with Crippen LogP contribution >= 0.6 is 0 Å². The van der Waals surface area contributed by atoms with Crippen molar-refractivity contribution in [2.75, 3.05) is 25.0 Å². The van der Waals surface area contributed by atoms with Gasteiger partial charge in [-0.2, -0.15) is 0 Å². The summed E-state index contributed by atoms with van der Waals surface area (Å²) in [6.45, 7) is 5.17. The fourth-order valence-electron chi connectivity index (χ4n) is 2.84. The Morgan fingerprint density at radius 3 is 2.17 bits per heavy atom. The zero-order valence-electron chi connectivity index (χ0n) is 14.8. The molecule has 0 radical (unpaired) electrons. The van der Waals surface area contributed by atoms with Gasteiger partial charge in [-0.25, -0.2) is 0 Å². The first-order chi connectivity index (χ1) is 11.7. The molecule has 3 nitrogen and oxygen atoms in total. The molecule has 2 aromatic rings. The first-order valence-corrected chi connectivity index (χ1v) is 8.81. The highest BCUT2D eigenvalue weighted by Crippen LogP contribution is 2.20. The quantitative estimate of drug-likeness (QED) is 0.833. The van der Waals surface area contributed by atoms with E-state index < -0.39 is 0 Å². The van der Waals surface area contributed by atoms with E-state index in [-0.39, 0.29) is 5.78 Å². The number of rotatable bonds is 5. The third kappa shape index (κ3) is 5.50. The summed E-state index contributed by atoms with van der Waals surface area (Å²) in [5.41, 5.74) is 3.42. The summed E-state index contributed by atoms with van der Waals surface area (Å²) in [6, 6.07) is 18.4. The third-order valence-electron chi connectivity index (χ3n) is 4.21. The molecule has 3 heteroatoms. The maximum absolute atomic E-state index is 11.4. The fourth-order valence-corrected chi connectivity index (χ4v) is 2.84. The van der Waals surface area contributed by atoms with Crippen LogP contribution in [-0.2, 0) is 6.54 Å². The van der Waals surface area contributed by atoms with Crippen molar-refractivity contribution in [2.24, 2.45) is 0 Å². The Kier molecular flexibility index (Phi) is 7.50. The van der Waals surface area contributed by atoms with Gasteiger partial charge in [0, 0.05) is 37.3 Å². The van der Waals surface area contributed by atoms with Crippen molar-refractivity contribution in [1.82, 2.24) is 5.32 Å². The molecule has 1 saturated heterocycles. The summed E-state index contributed by atoms with van der Waals surface area (Å²) in [4.78, 5) is 13.8. The van der Waals surface area contributed by atoms with Gasteiger partial charge in [0.15, 0.2) is 5.78 Å². The summed E-state index contributed by atoms with van der Waals surface area (Å²) in [5.74, 6) is 0.225. The summed E-state index contributed by atoms with van der Waals surface area (Å²) in [5, 5.41) is 3.08. The predicted octanol–water partition coefficient (Wildman–Crippen LogP) is 4.29. The van der Waals surface area contributed by atoms with Gasteiger partial charge in [-0.3, -0.25) is 4.79 Å². The number of benzene rings is 2. The number of nitrogens with one attached hydrogen (secondary N) is 1. The lowest BCUT2D eigenvalue weighted by molar-refractivity contribution is 0.0988. The Labute approximate surface area is 145 Å². The molecule has 0 atom stereocenters. The number of ketones is 1. The van der Waals surface area contributed by atoms with Crippen molar-refractivity contribution in [3.63, 3.8) is 0 Å². The van der Waals surface area contributed by atoms with Crippen LogP contribution < -0.4 is 10.2 Å². The number of hydrogen-bond acceptors (Lipinski definition) is 3. The van der Waals surface area contributed by atoms with Crippen LogP contribution in [0.15, 0.2) is 54.6 Å².